The number of hydrogen-bond acceptors (Lipinski definition) is 6. The molecule has 0 atom stereocenters. The first-order chi connectivity index (χ1) is 13.1. The predicted octanol–water partition coefficient (Wildman–Crippen LogP) is 0.677. The van der Waals surface area contributed by atoms with Crippen LogP contribution in [0.2, 0.25) is 0 Å². The normalized spacial score (nSPS) is 11.1. The van der Waals surface area contributed by atoms with Crippen molar-refractivity contribution in [1.82, 2.24) is 15.2 Å². The lowest BCUT2D eigenvalue weighted by Crippen LogP contribution is -2.46. The Balaban J connectivity index is 1.98. The molecule has 0 aromatic heterocycles. The van der Waals surface area contributed by atoms with Crippen molar-refractivity contribution in [2.24, 2.45) is 0 Å². The van der Waals surface area contributed by atoms with Crippen molar-refractivity contribution in [1.29, 1.82) is 0 Å². The second-order valence-corrected chi connectivity index (χ2v) is 7.91. The lowest BCUT2D eigenvalue weighted by atomic mass is 10.2. The smallest absolute Gasteiger partial charge is 0.273 e. The summed E-state index contributed by atoms with van der Waals surface area (Å²) in [6, 6.07) is 11.1. The molecule has 2 amide bonds. The van der Waals surface area contributed by atoms with Crippen LogP contribution in [0, 0.1) is 0 Å². The monoisotopic (exact) mass is 405 g/mol. The van der Waals surface area contributed by atoms with Crippen molar-refractivity contribution in [2.75, 3.05) is 13.6 Å². The van der Waals surface area contributed by atoms with E-state index in [0.29, 0.717) is 5.56 Å². The Morgan fingerprint density at radius 1 is 1.00 bits per heavy atom. The fourth-order valence-electron chi connectivity index (χ4n) is 2.23. The Labute approximate surface area is 162 Å². The number of para-hydroxylation sites is 1. The van der Waals surface area contributed by atoms with Gasteiger partial charge in [-0.3, -0.25) is 25.2 Å². The average molecular weight is 405 g/mol. The average Bonchev–Trinajstić information content (AvgIpc) is 2.66. The van der Waals surface area contributed by atoms with Crippen molar-refractivity contribution < 1.29 is 27.9 Å². The van der Waals surface area contributed by atoms with E-state index in [4.69, 9.17) is 0 Å². The summed E-state index contributed by atoms with van der Waals surface area (Å²) in [5.74, 6) is -1.99. The van der Waals surface area contributed by atoms with Crippen molar-refractivity contribution in [3.05, 3.63) is 59.7 Å². The molecule has 0 spiro atoms. The molecule has 0 saturated carbocycles. The summed E-state index contributed by atoms with van der Waals surface area (Å²) < 4.78 is 25.8. The van der Waals surface area contributed by atoms with E-state index in [0.717, 1.165) is 4.31 Å². The maximum atomic E-state index is 12.5. The molecule has 3 N–H and O–H groups in total. The van der Waals surface area contributed by atoms with Gasteiger partial charge in [-0.2, -0.15) is 4.31 Å². The molecule has 0 fully saturated rings. The summed E-state index contributed by atoms with van der Waals surface area (Å²) in [6.45, 7) is 0.807. The molecule has 0 aliphatic rings. The Morgan fingerprint density at radius 3 is 2.18 bits per heavy atom. The predicted molar refractivity (Wildman–Crippen MR) is 100.0 cm³/mol. The fraction of sp³-hybridized carbons (Fsp3) is 0.167. The van der Waals surface area contributed by atoms with Gasteiger partial charge >= 0.3 is 0 Å². The highest BCUT2D eigenvalue weighted by atomic mass is 32.2. The Morgan fingerprint density at radius 2 is 1.61 bits per heavy atom. The molecule has 2 aromatic rings. The Kier molecular flexibility index (Phi) is 6.49. The number of nitrogens with zero attached hydrogens (tertiary/aromatic N) is 1. The van der Waals surface area contributed by atoms with Gasteiger partial charge in [-0.1, -0.05) is 24.3 Å². The van der Waals surface area contributed by atoms with Gasteiger partial charge in [0.2, 0.25) is 10.0 Å². The van der Waals surface area contributed by atoms with Gasteiger partial charge in [0.25, 0.3) is 11.8 Å². The van der Waals surface area contributed by atoms with Gasteiger partial charge in [-0.15, -0.1) is 0 Å². The number of rotatable bonds is 6. The second-order valence-electron chi connectivity index (χ2n) is 5.86. The van der Waals surface area contributed by atoms with Crippen molar-refractivity contribution in [3.63, 3.8) is 0 Å². The number of hydrogen-bond donors (Lipinski definition) is 3. The van der Waals surface area contributed by atoms with Crippen LogP contribution in [0.15, 0.2) is 53.4 Å². The highest BCUT2D eigenvalue weighted by Gasteiger charge is 2.23. The number of likely N-dealkylation sites (N-methyl/N-ethyl adjacent to an activating group) is 1. The van der Waals surface area contributed by atoms with E-state index in [1.54, 1.807) is 0 Å². The molecular weight excluding hydrogens is 386 g/mol. The number of aromatic hydroxyl groups is 1. The van der Waals surface area contributed by atoms with Gasteiger partial charge in [0.1, 0.15) is 5.75 Å². The molecule has 2 aromatic carbocycles. The minimum Gasteiger partial charge on any atom is -0.507 e. The molecule has 148 valence electrons. The number of phenols is 1. The summed E-state index contributed by atoms with van der Waals surface area (Å²) in [7, 11) is -2.76. The van der Waals surface area contributed by atoms with Crippen molar-refractivity contribution in [2.45, 2.75) is 11.8 Å². The van der Waals surface area contributed by atoms with Crippen LogP contribution in [0.25, 0.3) is 0 Å². The van der Waals surface area contributed by atoms with Crippen LogP contribution in [0.4, 0.5) is 0 Å². The van der Waals surface area contributed by atoms with Crippen LogP contribution in [0.3, 0.4) is 0 Å². The number of benzene rings is 2. The summed E-state index contributed by atoms with van der Waals surface area (Å²) in [4.78, 5) is 35.1. The minimum atomic E-state index is -3.97. The van der Waals surface area contributed by atoms with Crippen LogP contribution in [0.1, 0.15) is 27.6 Å². The minimum absolute atomic E-state index is 0.0469. The largest absolute Gasteiger partial charge is 0.507 e. The summed E-state index contributed by atoms with van der Waals surface area (Å²) in [5.41, 5.74) is 4.50. The number of phenolic OH excluding ortho intramolecular Hbond substituents is 1. The highest BCUT2D eigenvalue weighted by molar-refractivity contribution is 7.89. The zero-order valence-corrected chi connectivity index (χ0v) is 16.0. The van der Waals surface area contributed by atoms with Crippen LogP contribution in [0.5, 0.6) is 5.75 Å². The molecule has 9 nitrogen and oxygen atoms in total. The number of Topliss-reactive ketones (excluding diaryl/α,β-unsaturated/α-hetero) is 1. The molecule has 2 rings (SSSR count). The van der Waals surface area contributed by atoms with Crippen molar-refractivity contribution >= 4 is 27.6 Å². The summed E-state index contributed by atoms with van der Waals surface area (Å²) >= 11 is 0. The van der Waals surface area contributed by atoms with E-state index in [9.17, 15) is 27.9 Å². The maximum absolute atomic E-state index is 12.5. The number of sulfonamides is 1. The first-order valence-corrected chi connectivity index (χ1v) is 9.51. The number of carbonyl (C=O) groups is 3. The molecule has 0 saturated heterocycles. The van der Waals surface area contributed by atoms with E-state index in [2.05, 4.69) is 10.9 Å². The summed E-state index contributed by atoms with van der Waals surface area (Å²) in [6.07, 6.45) is 0. The van der Waals surface area contributed by atoms with Gasteiger partial charge in [-0.25, -0.2) is 8.42 Å². The first-order valence-electron chi connectivity index (χ1n) is 8.07. The van der Waals surface area contributed by atoms with Gasteiger partial charge < -0.3 is 5.11 Å². The zero-order chi connectivity index (χ0) is 20.9. The third kappa shape index (κ3) is 4.93. The van der Waals surface area contributed by atoms with E-state index < -0.39 is 28.4 Å². The number of nitrogens with one attached hydrogen (secondary N) is 2. The summed E-state index contributed by atoms with van der Waals surface area (Å²) in [5, 5.41) is 9.60. The molecule has 0 radical (unpaired) electrons. The standard InChI is InChI=1S/C18H19N3O6S/c1-12(22)13-7-9-14(10-8-13)28(26,27)21(2)11-17(24)19-20-18(25)15-5-3-4-6-16(15)23/h3-10,23H,11H2,1-2H3,(H,19,24)(H,20,25). The number of amides is 2. The Hall–Kier alpha value is -3.24. The third-order valence-corrected chi connectivity index (χ3v) is 5.62. The number of hydrazine groups is 1. The van der Waals surface area contributed by atoms with Gasteiger partial charge in [-0.05, 0) is 31.2 Å². The van der Waals surface area contributed by atoms with Crippen LogP contribution in [-0.2, 0) is 14.8 Å². The molecule has 0 heterocycles. The molecule has 10 heteroatoms. The van der Waals surface area contributed by atoms with Crippen LogP contribution < -0.4 is 10.9 Å². The van der Waals surface area contributed by atoms with Gasteiger partial charge in [0.15, 0.2) is 5.78 Å². The van der Waals surface area contributed by atoms with E-state index in [1.807, 2.05) is 0 Å². The second kappa shape index (κ2) is 8.63. The van der Waals surface area contributed by atoms with Crippen molar-refractivity contribution in [3.8, 4) is 5.75 Å². The molecule has 28 heavy (non-hydrogen) atoms. The molecule has 0 aliphatic carbocycles. The molecular formula is C18H19N3O6S. The van der Waals surface area contributed by atoms with Crippen LogP contribution in [-0.4, -0.2) is 49.0 Å². The number of carbonyl (C=O) groups excluding carboxylic acids is 3. The topological polar surface area (TPSA) is 133 Å². The fourth-order valence-corrected chi connectivity index (χ4v) is 3.35. The molecule has 0 unspecified atom stereocenters. The first kappa shape index (κ1) is 21.1. The van der Waals surface area contributed by atoms with Gasteiger partial charge in [0, 0.05) is 12.6 Å². The SMILES string of the molecule is CC(=O)c1ccc(S(=O)(=O)N(C)CC(=O)NNC(=O)c2ccccc2O)cc1. The zero-order valence-electron chi connectivity index (χ0n) is 15.2. The molecule has 0 aliphatic heterocycles. The third-order valence-electron chi connectivity index (χ3n) is 3.80. The lowest BCUT2D eigenvalue weighted by molar-refractivity contribution is -0.121. The Bertz CT molecular complexity index is 1000. The van der Waals surface area contributed by atoms with E-state index in [1.165, 1.54) is 62.5 Å². The van der Waals surface area contributed by atoms with E-state index in [-0.39, 0.29) is 22.0 Å². The lowest BCUT2D eigenvalue weighted by Gasteiger charge is -2.17. The van der Waals surface area contributed by atoms with E-state index >= 15 is 0 Å². The molecule has 0 bridgehead atoms. The highest BCUT2D eigenvalue weighted by Crippen LogP contribution is 2.16. The van der Waals surface area contributed by atoms with Gasteiger partial charge in [0.05, 0.1) is 17.0 Å². The quantitative estimate of drug-likeness (QED) is 0.478. The number of ketones is 1. The van der Waals surface area contributed by atoms with Crippen LogP contribution >= 0.6 is 0 Å². The maximum Gasteiger partial charge on any atom is 0.273 e.